The van der Waals surface area contributed by atoms with Gasteiger partial charge in [-0.15, -0.1) is 0 Å². The van der Waals surface area contributed by atoms with E-state index in [1.54, 1.807) is 19.1 Å². The van der Waals surface area contributed by atoms with Crippen molar-refractivity contribution in [2.24, 2.45) is 5.41 Å². The van der Waals surface area contributed by atoms with E-state index >= 15 is 0 Å². The zero-order chi connectivity index (χ0) is 18.5. The van der Waals surface area contributed by atoms with Crippen LogP contribution in [0.25, 0.3) is 0 Å². The van der Waals surface area contributed by atoms with E-state index in [0.29, 0.717) is 12.8 Å². The Kier molecular flexibility index (Phi) is 4.28. The molecule has 0 aromatic heterocycles. The van der Waals surface area contributed by atoms with Crippen LogP contribution in [0.15, 0.2) is 29.2 Å². The van der Waals surface area contributed by atoms with Gasteiger partial charge in [-0.05, 0) is 45.2 Å². The van der Waals surface area contributed by atoms with Crippen molar-refractivity contribution in [3.8, 4) is 0 Å². The van der Waals surface area contributed by atoms with Gasteiger partial charge in [-0.2, -0.15) is 4.31 Å². The molecule has 1 spiro atoms. The maximum Gasteiger partial charge on any atom is 0.328 e. The third kappa shape index (κ3) is 2.44. The Labute approximate surface area is 148 Å². The second kappa shape index (κ2) is 5.92. The molecule has 2 aliphatic carbocycles. The van der Waals surface area contributed by atoms with E-state index in [-0.39, 0.29) is 30.1 Å². The Morgan fingerprint density at radius 3 is 2.32 bits per heavy atom. The fourth-order valence-electron chi connectivity index (χ4n) is 4.03. The maximum atomic E-state index is 13.2. The number of sulfonamides is 1. The van der Waals surface area contributed by atoms with Crippen LogP contribution >= 0.6 is 0 Å². The van der Waals surface area contributed by atoms with Crippen LogP contribution in [0, 0.1) is 12.3 Å². The number of ketones is 1. The summed E-state index contributed by atoms with van der Waals surface area (Å²) in [7, 11) is -2.54. The summed E-state index contributed by atoms with van der Waals surface area (Å²) in [4.78, 5) is 25.4. The third-order valence-corrected chi connectivity index (χ3v) is 7.52. The number of benzene rings is 1. The largest absolute Gasteiger partial charge is 0.465 e. The molecule has 2 aliphatic rings. The fraction of sp³-hybridized carbons (Fsp3) is 0.556. The summed E-state index contributed by atoms with van der Waals surface area (Å²) in [5.74, 6) is -0.650. The van der Waals surface area contributed by atoms with Gasteiger partial charge in [0.05, 0.1) is 16.9 Å². The van der Waals surface area contributed by atoms with Crippen molar-refractivity contribution in [1.29, 1.82) is 0 Å². The number of esters is 1. The average molecular weight is 365 g/mol. The summed E-state index contributed by atoms with van der Waals surface area (Å²) < 4.78 is 32.7. The zero-order valence-electron chi connectivity index (χ0n) is 14.7. The minimum absolute atomic E-state index is 0.0356. The first kappa shape index (κ1) is 18.1. The highest BCUT2D eigenvalue weighted by atomic mass is 32.2. The van der Waals surface area contributed by atoms with E-state index in [1.165, 1.54) is 19.2 Å². The SMILES string of the molecule is CCOC(=O)C1(N(C)S(=O)(=O)c2ccc(C)cc2)CCC(=O)C12CC2. The molecule has 1 unspecified atom stereocenters. The van der Waals surface area contributed by atoms with Gasteiger partial charge >= 0.3 is 5.97 Å². The zero-order valence-corrected chi connectivity index (χ0v) is 15.6. The lowest BCUT2D eigenvalue weighted by molar-refractivity contribution is -0.159. The molecule has 0 radical (unpaired) electrons. The van der Waals surface area contributed by atoms with Crippen molar-refractivity contribution >= 4 is 21.8 Å². The van der Waals surface area contributed by atoms with Gasteiger partial charge in [0.2, 0.25) is 10.0 Å². The Balaban J connectivity index is 2.10. The summed E-state index contributed by atoms with van der Waals surface area (Å²) in [6.45, 7) is 3.69. The highest BCUT2D eigenvalue weighted by molar-refractivity contribution is 7.89. The standard InChI is InChI=1S/C18H23NO5S/c1-4-24-16(21)18(10-9-15(20)17(18)11-12-17)19(3)25(22,23)14-7-5-13(2)6-8-14/h5-8H,4,9-12H2,1-3H3. The molecule has 2 saturated carbocycles. The van der Waals surface area contributed by atoms with Crippen LogP contribution in [-0.2, 0) is 24.3 Å². The number of nitrogens with zero attached hydrogens (tertiary/aromatic N) is 1. The van der Waals surface area contributed by atoms with Gasteiger partial charge in [0, 0.05) is 13.5 Å². The summed E-state index contributed by atoms with van der Waals surface area (Å²) in [5.41, 5.74) is -1.42. The van der Waals surface area contributed by atoms with Crippen molar-refractivity contribution in [3.05, 3.63) is 29.8 Å². The number of carbonyl (C=O) groups excluding carboxylic acids is 2. The lowest BCUT2D eigenvalue weighted by Crippen LogP contribution is -2.60. The normalized spacial score (nSPS) is 24.7. The molecule has 6 nitrogen and oxygen atoms in total. The van der Waals surface area contributed by atoms with Crippen LogP contribution in [0.3, 0.4) is 0 Å². The second-order valence-electron chi connectivity index (χ2n) is 6.87. The molecule has 1 atom stereocenters. The molecule has 0 N–H and O–H groups in total. The lowest BCUT2D eigenvalue weighted by Gasteiger charge is -2.39. The van der Waals surface area contributed by atoms with E-state index in [4.69, 9.17) is 4.74 Å². The first-order chi connectivity index (χ1) is 11.7. The number of aryl methyl sites for hydroxylation is 1. The van der Waals surface area contributed by atoms with Gasteiger partial charge in [0.1, 0.15) is 11.3 Å². The Hall–Kier alpha value is -1.73. The minimum atomic E-state index is -3.94. The molecule has 1 aromatic carbocycles. The molecular formula is C18H23NO5S. The quantitative estimate of drug-likeness (QED) is 0.746. The molecule has 136 valence electrons. The Morgan fingerprint density at radius 1 is 1.20 bits per heavy atom. The highest BCUT2D eigenvalue weighted by Gasteiger charge is 2.74. The van der Waals surface area contributed by atoms with Gasteiger partial charge in [-0.1, -0.05) is 17.7 Å². The maximum absolute atomic E-state index is 13.2. The van der Waals surface area contributed by atoms with Crippen molar-refractivity contribution in [3.63, 3.8) is 0 Å². The van der Waals surface area contributed by atoms with Gasteiger partial charge in [0.25, 0.3) is 0 Å². The van der Waals surface area contributed by atoms with E-state index in [0.717, 1.165) is 9.87 Å². The monoisotopic (exact) mass is 365 g/mol. The fourth-order valence-corrected chi connectivity index (χ4v) is 5.58. The number of rotatable bonds is 5. The molecule has 3 rings (SSSR count). The molecule has 0 aliphatic heterocycles. The van der Waals surface area contributed by atoms with Crippen molar-refractivity contribution in [2.75, 3.05) is 13.7 Å². The smallest absolute Gasteiger partial charge is 0.328 e. The number of carbonyl (C=O) groups is 2. The van der Waals surface area contributed by atoms with E-state index < -0.39 is 26.9 Å². The summed E-state index contributed by atoms with van der Waals surface area (Å²) >= 11 is 0. The van der Waals surface area contributed by atoms with Crippen molar-refractivity contribution in [2.45, 2.75) is 50.0 Å². The predicted octanol–water partition coefficient (Wildman–Crippen LogP) is 2.06. The summed E-state index contributed by atoms with van der Waals surface area (Å²) in [5, 5.41) is 0. The first-order valence-corrected chi connectivity index (χ1v) is 9.92. The lowest BCUT2D eigenvalue weighted by atomic mass is 9.83. The average Bonchev–Trinajstić information content (AvgIpc) is 3.32. The first-order valence-electron chi connectivity index (χ1n) is 8.48. The minimum Gasteiger partial charge on any atom is -0.465 e. The molecule has 25 heavy (non-hydrogen) atoms. The topological polar surface area (TPSA) is 80.8 Å². The number of likely N-dealkylation sites (N-methyl/N-ethyl adjacent to an activating group) is 1. The molecule has 0 heterocycles. The van der Waals surface area contributed by atoms with Gasteiger partial charge in [0.15, 0.2) is 0 Å². The molecular weight excluding hydrogens is 342 g/mol. The van der Waals surface area contributed by atoms with E-state index in [1.807, 2.05) is 6.92 Å². The Morgan fingerprint density at radius 2 is 1.80 bits per heavy atom. The van der Waals surface area contributed by atoms with Crippen LogP contribution in [0.4, 0.5) is 0 Å². The number of Topliss-reactive ketones (excluding diaryl/α,β-unsaturated/α-hetero) is 1. The molecule has 1 aromatic rings. The van der Waals surface area contributed by atoms with Crippen molar-refractivity contribution < 1.29 is 22.7 Å². The van der Waals surface area contributed by atoms with Crippen LogP contribution in [0.2, 0.25) is 0 Å². The van der Waals surface area contributed by atoms with Crippen molar-refractivity contribution in [1.82, 2.24) is 4.31 Å². The van der Waals surface area contributed by atoms with Gasteiger partial charge in [-0.25, -0.2) is 13.2 Å². The number of ether oxygens (including phenoxy) is 1. The number of hydrogen-bond acceptors (Lipinski definition) is 5. The molecule has 0 amide bonds. The van der Waals surface area contributed by atoms with E-state index in [2.05, 4.69) is 0 Å². The summed E-state index contributed by atoms with van der Waals surface area (Å²) in [6.07, 6.45) is 1.43. The molecule has 2 fully saturated rings. The second-order valence-corrected chi connectivity index (χ2v) is 8.84. The van der Waals surface area contributed by atoms with Gasteiger partial charge in [-0.3, -0.25) is 4.79 Å². The molecule has 0 bridgehead atoms. The van der Waals surface area contributed by atoms with E-state index in [9.17, 15) is 18.0 Å². The van der Waals surface area contributed by atoms with Crippen LogP contribution in [-0.4, -0.2) is 43.7 Å². The number of hydrogen-bond donors (Lipinski definition) is 0. The third-order valence-electron chi connectivity index (χ3n) is 5.62. The summed E-state index contributed by atoms with van der Waals surface area (Å²) in [6, 6.07) is 6.47. The van der Waals surface area contributed by atoms with Crippen LogP contribution in [0.5, 0.6) is 0 Å². The predicted molar refractivity (Wildman–Crippen MR) is 91.4 cm³/mol. The van der Waals surface area contributed by atoms with Crippen LogP contribution < -0.4 is 0 Å². The Bertz CT molecular complexity index is 810. The molecule has 7 heteroatoms. The highest BCUT2D eigenvalue weighted by Crippen LogP contribution is 2.64. The molecule has 0 saturated heterocycles. The van der Waals surface area contributed by atoms with Gasteiger partial charge < -0.3 is 4.74 Å². The van der Waals surface area contributed by atoms with Crippen LogP contribution in [0.1, 0.15) is 38.2 Å².